The number of hydrogen-bond acceptors (Lipinski definition) is 3. The number of carbonyl (C=O) groups is 2. The average Bonchev–Trinajstić information content (AvgIpc) is 2.99. The molecule has 0 bridgehead atoms. The van der Waals surface area contributed by atoms with Crippen molar-refractivity contribution in [3.05, 3.63) is 52.8 Å². The molecule has 2 N–H and O–H groups in total. The molecule has 2 heterocycles. The van der Waals surface area contributed by atoms with Crippen molar-refractivity contribution in [1.82, 2.24) is 20.4 Å². The van der Waals surface area contributed by atoms with Gasteiger partial charge in [0.25, 0.3) is 11.8 Å². The zero-order valence-corrected chi connectivity index (χ0v) is 14.7. The molecule has 0 saturated carbocycles. The van der Waals surface area contributed by atoms with Gasteiger partial charge in [-0.1, -0.05) is 18.2 Å². The molecule has 0 aliphatic carbocycles. The summed E-state index contributed by atoms with van der Waals surface area (Å²) in [5, 5.41) is 10.00. The number of aromatic amines is 1. The monoisotopic (exact) mass is 340 g/mol. The van der Waals surface area contributed by atoms with E-state index in [-0.39, 0.29) is 17.7 Å². The number of nitrogens with zero attached hydrogens (tertiary/aromatic N) is 2. The van der Waals surface area contributed by atoms with Crippen LogP contribution in [0, 0.1) is 19.8 Å². The lowest BCUT2D eigenvalue weighted by Crippen LogP contribution is -2.44. The maximum absolute atomic E-state index is 12.7. The third kappa shape index (κ3) is 3.90. The third-order valence-corrected chi connectivity index (χ3v) is 4.85. The number of H-pyrrole nitrogens is 1. The van der Waals surface area contributed by atoms with E-state index in [1.165, 1.54) is 0 Å². The highest BCUT2D eigenvalue weighted by Gasteiger charge is 2.27. The number of rotatable bonds is 4. The lowest BCUT2D eigenvalue weighted by atomic mass is 9.97. The largest absolute Gasteiger partial charge is 0.352 e. The second kappa shape index (κ2) is 7.51. The van der Waals surface area contributed by atoms with Crippen molar-refractivity contribution in [3.63, 3.8) is 0 Å². The van der Waals surface area contributed by atoms with E-state index in [4.69, 9.17) is 0 Å². The van der Waals surface area contributed by atoms with Gasteiger partial charge in [-0.05, 0) is 44.7 Å². The molecule has 1 fully saturated rings. The zero-order valence-electron chi connectivity index (χ0n) is 14.7. The Kier molecular flexibility index (Phi) is 5.16. The number of likely N-dealkylation sites (tertiary alicyclic amines) is 1. The lowest BCUT2D eigenvalue weighted by molar-refractivity contribution is 0.0664. The van der Waals surface area contributed by atoms with Gasteiger partial charge < -0.3 is 10.2 Å². The highest BCUT2D eigenvalue weighted by Crippen LogP contribution is 2.19. The van der Waals surface area contributed by atoms with Crippen molar-refractivity contribution < 1.29 is 9.59 Å². The summed E-state index contributed by atoms with van der Waals surface area (Å²) in [6.45, 7) is 5.80. The molecule has 6 nitrogen and oxygen atoms in total. The molecule has 1 atom stereocenters. The molecule has 132 valence electrons. The van der Waals surface area contributed by atoms with Crippen LogP contribution in [0.2, 0.25) is 0 Å². The van der Waals surface area contributed by atoms with Crippen LogP contribution in [0.15, 0.2) is 30.3 Å². The van der Waals surface area contributed by atoms with Crippen LogP contribution in [0.5, 0.6) is 0 Å². The predicted octanol–water partition coefficient (Wildman–Crippen LogP) is 2.31. The first-order valence-electron chi connectivity index (χ1n) is 8.70. The molecule has 1 unspecified atom stereocenters. The van der Waals surface area contributed by atoms with E-state index in [0.717, 1.165) is 30.6 Å². The molecule has 3 rings (SSSR count). The predicted molar refractivity (Wildman–Crippen MR) is 95.5 cm³/mol. The lowest BCUT2D eigenvalue weighted by Gasteiger charge is -2.32. The molecule has 1 aromatic heterocycles. The second-order valence-electron chi connectivity index (χ2n) is 6.66. The van der Waals surface area contributed by atoms with E-state index in [2.05, 4.69) is 15.5 Å². The van der Waals surface area contributed by atoms with E-state index in [9.17, 15) is 9.59 Å². The molecular weight excluding hydrogens is 316 g/mol. The quantitative estimate of drug-likeness (QED) is 0.896. The van der Waals surface area contributed by atoms with Crippen molar-refractivity contribution in [2.24, 2.45) is 5.92 Å². The minimum absolute atomic E-state index is 0.0269. The molecule has 6 heteroatoms. The Morgan fingerprint density at radius 3 is 2.72 bits per heavy atom. The number of aryl methyl sites for hydroxylation is 1. The first kappa shape index (κ1) is 17.2. The SMILES string of the molecule is Cc1[nH]nc(C(=O)N2CCCC(CNC(=O)c3ccccc3)C2)c1C. The molecule has 1 aliphatic heterocycles. The average molecular weight is 340 g/mol. The highest BCUT2D eigenvalue weighted by atomic mass is 16.2. The van der Waals surface area contributed by atoms with Gasteiger partial charge in [0.05, 0.1) is 0 Å². The van der Waals surface area contributed by atoms with Crippen LogP contribution in [0.1, 0.15) is 44.9 Å². The molecule has 1 aromatic carbocycles. The number of hydrogen-bond donors (Lipinski definition) is 2. The van der Waals surface area contributed by atoms with Crippen LogP contribution >= 0.6 is 0 Å². The first-order valence-corrected chi connectivity index (χ1v) is 8.70. The van der Waals surface area contributed by atoms with Crippen LogP contribution in [-0.2, 0) is 0 Å². The maximum atomic E-state index is 12.7. The Morgan fingerprint density at radius 1 is 1.28 bits per heavy atom. The summed E-state index contributed by atoms with van der Waals surface area (Å²) in [7, 11) is 0. The standard InChI is InChI=1S/C19H24N4O2/c1-13-14(2)21-22-17(13)19(25)23-10-6-7-15(12-23)11-20-18(24)16-8-4-3-5-9-16/h3-5,8-9,15H,6-7,10-12H2,1-2H3,(H,20,24)(H,21,22). The van der Waals surface area contributed by atoms with Gasteiger partial charge in [0.15, 0.2) is 5.69 Å². The van der Waals surface area contributed by atoms with E-state index >= 15 is 0 Å². The van der Waals surface area contributed by atoms with Gasteiger partial charge in [-0.3, -0.25) is 14.7 Å². The summed E-state index contributed by atoms with van der Waals surface area (Å²) in [4.78, 5) is 26.7. The van der Waals surface area contributed by atoms with Gasteiger partial charge in [0.1, 0.15) is 0 Å². The minimum Gasteiger partial charge on any atom is -0.352 e. The second-order valence-corrected chi connectivity index (χ2v) is 6.66. The molecule has 0 spiro atoms. The Bertz CT molecular complexity index is 754. The minimum atomic E-state index is -0.0668. The number of carbonyl (C=O) groups excluding carboxylic acids is 2. The number of benzene rings is 1. The fourth-order valence-corrected chi connectivity index (χ4v) is 3.19. The van der Waals surface area contributed by atoms with Crippen molar-refractivity contribution >= 4 is 11.8 Å². The number of nitrogens with one attached hydrogen (secondary N) is 2. The Hall–Kier alpha value is -2.63. The van der Waals surface area contributed by atoms with Gasteiger partial charge >= 0.3 is 0 Å². The fourth-order valence-electron chi connectivity index (χ4n) is 3.19. The van der Waals surface area contributed by atoms with Crippen LogP contribution in [0.25, 0.3) is 0 Å². The van der Waals surface area contributed by atoms with Crippen molar-refractivity contribution in [1.29, 1.82) is 0 Å². The Labute approximate surface area is 147 Å². The fraction of sp³-hybridized carbons (Fsp3) is 0.421. The summed E-state index contributed by atoms with van der Waals surface area (Å²) in [6, 6.07) is 9.19. The van der Waals surface area contributed by atoms with Gasteiger partial charge in [-0.25, -0.2) is 0 Å². The van der Waals surface area contributed by atoms with E-state index in [1.807, 2.05) is 36.9 Å². The molecule has 1 aliphatic rings. The summed E-state index contributed by atoms with van der Waals surface area (Å²) < 4.78 is 0. The summed E-state index contributed by atoms with van der Waals surface area (Å²) in [6.07, 6.45) is 1.96. The van der Waals surface area contributed by atoms with E-state index in [1.54, 1.807) is 12.1 Å². The normalized spacial score (nSPS) is 17.4. The number of piperidine rings is 1. The number of aromatic nitrogens is 2. The van der Waals surface area contributed by atoms with Gasteiger partial charge in [0, 0.05) is 36.5 Å². The Morgan fingerprint density at radius 2 is 2.04 bits per heavy atom. The van der Waals surface area contributed by atoms with Crippen LogP contribution < -0.4 is 5.32 Å². The topological polar surface area (TPSA) is 78.1 Å². The van der Waals surface area contributed by atoms with Gasteiger partial charge in [-0.15, -0.1) is 0 Å². The van der Waals surface area contributed by atoms with Crippen LogP contribution in [-0.4, -0.2) is 46.5 Å². The molecule has 25 heavy (non-hydrogen) atoms. The molecule has 2 aromatic rings. The van der Waals surface area contributed by atoms with Crippen LogP contribution in [0.4, 0.5) is 0 Å². The van der Waals surface area contributed by atoms with Crippen molar-refractivity contribution in [2.45, 2.75) is 26.7 Å². The molecule has 0 radical (unpaired) electrons. The summed E-state index contributed by atoms with van der Waals surface area (Å²) in [5.41, 5.74) is 3.00. The number of amides is 2. The first-order chi connectivity index (χ1) is 12.1. The van der Waals surface area contributed by atoms with E-state index in [0.29, 0.717) is 24.3 Å². The van der Waals surface area contributed by atoms with Crippen LogP contribution in [0.3, 0.4) is 0 Å². The van der Waals surface area contributed by atoms with Gasteiger partial charge in [0.2, 0.25) is 0 Å². The van der Waals surface area contributed by atoms with Crippen molar-refractivity contribution in [2.75, 3.05) is 19.6 Å². The zero-order chi connectivity index (χ0) is 17.8. The van der Waals surface area contributed by atoms with Crippen molar-refractivity contribution in [3.8, 4) is 0 Å². The highest BCUT2D eigenvalue weighted by molar-refractivity contribution is 5.94. The molecule has 1 saturated heterocycles. The van der Waals surface area contributed by atoms with E-state index < -0.39 is 0 Å². The molecular formula is C19H24N4O2. The third-order valence-electron chi connectivity index (χ3n) is 4.85. The summed E-state index contributed by atoms with van der Waals surface area (Å²) in [5.74, 6) is 0.175. The molecule has 2 amide bonds. The Balaban J connectivity index is 1.57. The summed E-state index contributed by atoms with van der Waals surface area (Å²) >= 11 is 0. The smallest absolute Gasteiger partial charge is 0.274 e. The maximum Gasteiger partial charge on any atom is 0.274 e. The van der Waals surface area contributed by atoms with Gasteiger partial charge in [-0.2, -0.15) is 5.10 Å².